The Hall–Kier alpha value is -2.59. The Morgan fingerprint density at radius 2 is 2.00 bits per heavy atom. The number of aryl methyl sites for hydroxylation is 2. The Labute approximate surface area is 173 Å². The molecular formula is C20H24F2N4O3S. The molecule has 10 heteroatoms. The first-order valence-electron chi connectivity index (χ1n) is 9.47. The number of halogens is 2. The van der Waals surface area contributed by atoms with Crippen LogP contribution in [0, 0.1) is 18.6 Å². The lowest BCUT2D eigenvalue weighted by molar-refractivity contribution is 0.109. The highest BCUT2D eigenvalue weighted by atomic mass is 32.2. The van der Waals surface area contributed by atoms with Crippen molar-refractivity contribution in [2.45, 2.75) is 44.2 Å². The van der Waals surface area contributed by atoms with E-state index in [4.69, 9.17) is 10.5 Å². The molecule has 3 rings (SSSR count). The highest BCUT2D eigenvalue weighted by molar-refractivity contribution is 7.91. The largest absolute Gasteiger partial charge is 0.382 e. The standard InChI is InChI=1S/C20H24F2N4O3S/c1-12-11-24-19(23)17-18(12)26(20(25-17)13(2)29-3)8-4-5-9-30(27,28)16-7-6-14(21)10-15(16)22/h6-7,10-11,13H,4-5,8-9H2,1-3H3,(H2,23,24). The molecule has 0 bridgehead atoms. The van der Waals surface area contributed by atoms with E-state index >= 15 is 0 Å². The number of anilines is 1. The fourth-order valence-corrected chi connectivity index (χ4v) is 4.81. The zero-order valence-corrected chi connectivity index (χ0v) is 17.8. The number of nitrogens with zero attached hydrogens (tertiary/aromatic N) is 3. The van der Waals surface area contributed by atoms with Gasteiger partial charge in [0.05, 0.1) is 11.3 Å². The summed E-state index contributed by atoms with van der Waals surface area (Å²) >= 11 is 0. The van der Waals surface area contributed by atoms with Crippen molar-refractivity contribution in [2.24, 2.45) is 0 Å². The molecule has 162 valence electrons. The van der Waals surface area contributed by atoms with E-state index in [9.17, 15) is 17.2 Å². The first kappa shape index (κ1) is 22.1. The van der Waals surface area contributed by atoms with Crippen LogP contribution in [0.15, 0.2) is 29.3 Å². The second-order valence-corrected chi connectivity index (χ2v) is 9.20. The van der Waals surface area contributed by atoms with Crippen LogP contribution in [-0.4, -0.2) is 35.8 Å². The lowest BCUT2D eigenvalue weighted by Gasteiger charge is -2.14. The number of fused-ring (bicyclic) bond motifs is 1. The van der Waals surface area contributed by atoms with Gasteiger partial charge in [-0.1, -0.05) is 0 Å². The first-order valence-corrected chi connectivity index (χ1v) is 11.1. The summed E-state index contributed by atoms with van der Waals surface area (Å²) in [5.74, 6) is -1.16. The zero-order valence-electron chi connectivity index (χ0n) is 17.0. The van der Waals surface area contributed by atoms with Gasteiger partial charge in [0, 0.05) is 25.9 Å². The van der Waals surface area contributed by atoms with Gasteiger partial charge in [-0.25, -0.2) is 27.2 Å². The number of ether oxygens (including phenoxy) is 1. The topological polar surface area (TPSA) is 100 Å². The number of pyridine rings is 1. The Kier molecular flexibility index (Phi) is 6.37. The summed E-state index contributed by atoms with van der Waals surface area (Å²) in [5.41, 5.74) is 8.28. The minimum atomic E-state index is -3.86. The number of hydrogen-bond donors (Lipinski definition) is 1. The lowest BCUT2D eigenvalue weighted by Crippen LogP contribution is -2.12. The van der Waals surface area contributed by atoms with Gasteiger partial charge in [-0.05, 0) is 44.4 Å². The molecule has 0 spiro atoms. The summed E-state index contributed by atoms with van der Waals surface area (Å²) in [7, 11) is -2.28. The minimum Gasteiger partial charge on any atom is -0.382 e. The molecule has 0 saturated heterocycles. The van der Waals surface area contributed by atoms with Crippen molar-refractivity contribution in [3.63, 3.8) is 0 Å². The zero-order chi connectivity index (χ0) is 22.1. The molecule has 0 radical (unpaired) electrons. The number of unbranched alkanes of at least 4 members (excludes halogenated alkanes) is 1. The van der Waals surface area contributed by atoms with Gasteiger partial charge in [0.2, 0.25) is 0 Å². The average Bonchev–Trinajstić information content (AvgIpc) is 3.08. The number of benzene rings is 1. The Morgan fingerprint density at radius 3 is 2.67 bits per heavy atom. The maximum atomic E-state index is 13.9. The third kappa shape index (κ3) is 4.29. The number of aromatic nitrogens is 3. The predicted molar refractivity (Wildman–Crippen MR) is 110 cm³/mol. The number of nitrogen functional groups attached to an aromatic ring is 1. The van der Waals surface area contributed by atoms with Gasteiger partial charge in [0.25, 0.3) is 0 Å². The molecule has 2 N–H and O–H groups in total. The predicted octanol–water partition coefficient (Wildman–Crippen LogP) is 3.56. The number of nitrogens with two attached hydrogens (primary N) is 1. The highest BCUT2D eigenvalue weighted by Crippen LogP contribution is 2.28. The van der Waals surface area contributed by atoms with Crippen molar-refractivity contribution < 1.29 is 21.9 Å². The smallest absolute Gasteiger partial charge is 0.181 e. The minimum absolute atomic E-state index is 0.250. The van der Waals surface area contributed by atoms with Crippen LogP contribution in [0.5, 0.6) is 0 Å². The Morgan fingerprint density at radius 1 is 1.27 bits per heavy atom. The van der Waals surface area contributed by atoms with E-state index in [2.05, 4.69) is 9.97 Å². The highest BCUT2D eigenvalue weighted by Gasteiger charge is 2.21. The number of imidazole rings is 1. The Balaban J connectivity index is 1.80. The van der Waals surface area contributed by atoms with Gasteiger partial charge in [-0.15, -0.1) is 0 Å². The molecule has 0 aliphatic heterocycles. The summed E-state index contributed by atoms with van der Waals surface area (Å²) in [4.78, 5) is 8.24. The molecule has 1 atom stereocenters. The molecule has 7 nitrogen and oxygen atoms in total. The van der Waals surface area contributed by atoms with Gasteiger partial charge >= 0.3 is 0 Å². The maximum Gasteiger partial charge on any atom is 0.181 e. The van der Waals surface area contributed by atoms with E-state index in [0.29, 0.717) is 42.6 Å². The fourth-order valence-electron chi connectivity index (χ4n) is 3.38. The van der Waals surface area contributed by atoms with Crippen LogP contribution in [0.2, 0.25) is 0 Å². The van der Waals surface area contributed by atoms with Crippen LogP contribution < -0.4 is 5.73 Å². The van der Waals surface area contributed by atoms with E-state index in [0.717, 1.165) is 23.2 Å². The molecule has 0 aliphatic carbocycles. The molecule has 0 aliphatic rings. The van der Waals surface area contributed by atoms with Crippen molar-refractivity contribution in [2.75, 3.05) is 18.6 Å². The molecule has 30 heavy (non-hydrogen) atoms. The third-order valence-electron chi connectivity index (χ3n) is 5.00. The van der Waals surface area contributed by atoms with E-state index in [1.165, 1.54) is 0 Å². The number of rotatable bonds is 8. The number of methoxy groups -OCH3 is 1. The summed E-state index contributed by atoms with van der Waals surface area (Å²) < 4.78 is 59.1. The molecule has 2 heterocycles. The van der Waals surface area contributed by atoms with Crippen molar-refractivity contribution in [3.05, 3.63) is 47.4 Å². The van der Waals surface area contributed by atoms with Gasteiger partial charge in [-0.3, -0.25) is 0 Å². The van der Waals surface area contributed by atoms with Crippen LogP contribution in [0.1, 0.15) is 37.3 Å². The van der Waals surface area contributed by atoms with Gasteiger partial charge in [0.15, 0.2) is 15.7 Å². The molecule has 1 aromatic carbocycles. The van der Waals surface area contributed by atoms with Gasteiger partial charge in [0.1, 0.15) is 34.0 Å². The molecule has 0 saturated carbocycles. The average molecular weight is 439 g/mol. The van der Waals surface area contributed by atoms with E-state index in [1.54, 1.807) is 13.3 Å². The van der Waals surface area contributed by atoms with E-state index in [-0.39, 0.29) is 11.9 Å². The second-order valence-electron chi connectivity index (χ2n) is 7.12. The number of sulfone groups is 1. The second kappa shape index (κ2) is 8.65. The molecule has 0 fully saturated rings. The molecule has 1 unspecified atom stereocenters. The SMILES string of the molecule is COC(C)c1nc2c(N)ncc(C)c2n1CCCCS(=O)(=O)c1ccc(F)cc1F. The van der Waals surface area contributed by atoms with Crippen LogP contribution in [-0.2, 0) is 21.1 Å². The summed E-state index contributed by atoms with van der Waals surface area (Å²) in [6, 6.07) is 2.47. The molecular weight excluding hydrogens is 414 g/mol. The molecule has 2 aromatic heterocycles. The van der Waals surface area contributed by atoms with Crippen LogP contribution in [0.3, 0.4) is 0 Å². The fraction of sp³-hybridized carbons (Fsp3) is 0.400. The summed E-state index contributed by atoms with van der Waals surface area (Å²) in [6.07, 6.45) is 2.16. The normalized spacial score (nSPS) is 13.1. The van der Waals surface area contributed by atoms with Gasteiger partial charge in [-0.2, -0.15) is 0 Å². The monoisotopic (exact) mass is 438 g/mol. The van der Waals surface area contributed by atoms with E-state index < -0.39 is 26.4 Å². The lowest BCUT2D eigenvalue weighted by atomic mass is 10.2. The summed E-state index contributed by atoms with van der Waals surface area (Å²) in [6.45, 7) is 4.24. The van der Waals surface area contributed by atoms with Crippen LogP contribution in [0.25, 0.3) is 11.0 Å². The molecule has 0 amide bonds. The third-order valence-corrected chi connectivity index (χ3v) is 6.83. The maximum absolute atomic E-state index is 13.9. The van der Waals surface area contributed by atoms with Gasteiger partial charge < -0.3 is 15.0 Å². The van der Waals surface area contributed by atoms with Crippen molar-refractivity contribution in [1.29, 1.82) is 0 Å². The van der Waals surface area contributed by atoms with E-state index in [1.807, 2.05) is 18.4 Å². The van der Waals surface area contributed by atoms with Crippen LogP contribution >= 0.6 is 0 Å². The first-order chi connectivity index (χ1) is 14.2. The Bertz CT molecular complexity index is 1180. The quantitative estimate of drug-likeness (QED) is 0.426. The van der Waals surface area contributed by atoms with Crippen molar-refractivity contribution >= 4 is 26.7 Å². The number of hydrogen-bond acceptors (Lipinski definition) is 6. The summed E-state index contributed by atoms with van der Waals surface area (Å²) in [5, 5.41) is 0. The van der Waals surface area contributed by atoms with Crippen molar-refractivity contribution in [1.82, 2.24) is 14.5 Å². The molecule has 3 aromatic rings. The van der Waals surface area contributed by atoms with Crippen molar-refractivity contribution in [3.8, 4) is 0 Å². The van der Waals surface area contributed by atoms with Crippen LogP contribution in [0.4, 0.5) is 14.6 Å².